The standard InChI is InChI=1S/C25H31BN6O2/c1-16-8-5-6-10-20(16)30-23(27)19-14-29-32-15-17(26)12-21(32)22(19)28-13-18-9-7-11-31(18)24(33)34-25(2,3)4/h5-6,8,10,12,14-15,18,28H,7,9,11,13H2,1-4H3,(H2,27,30)/t18-/m0/s1. The number of carbonyl (C=O) groups excluding carboxylic acids is 1. The van der Waals surface area contributed by atoms with Gasteiger partial charge in [-0.15, -0.1) is 0 Å². The first kappa shape index (κ1) is 23.7. The molecule has 1 amide bonds. The Morgan fingerprint density at radius 2 is 2.12 bits per heavy atom. The summed E-state index contributed by atoms with van der Waals surface area (Å²) in [5, 5.41) is 7.98. The van der Waals surface area contributed by atoms with Crippen LogP contribution in [0.1, 0.15) is 44.7 Å². The van der Waals surface area contributed by atoms with Gasteiger partial charge >= 0.3 is 6.09 Å². The van der Waals surface area contributed by atoms with Crippen LogP contribution in [0.2, 0.25) is 0 Å². The molecule has 1 aliphatic heterocycles. The zero-order valence-corrected chi connectivity index (χ0v) is 20.2. The summed E-state index contributed by atoms with van der Waals surface area (Å²) >= 11 is 0. The van der Waals surface area contributed by atoms with Crippen LogP contribution in [0.5, 0.6) is 0 Å². The van der Waals surface area contributed by atoms with E-state index >= 15 is 0 Å². The van der Waals surface area contributed by atoms with Crippen molar-refractivity contribution >= 4 is 42.1 Å². The SMILES string of the molecule is [B]c1cc2c(NC[C@@H]3CCCN3C(=O)OC(C)(C)C)c(C(N)=Nc3ccccc3C)cnn2c1. The van der Waals surface area contributed by atoms with Crippen molar-refractivity contribution < 1.29 is 9.53 Å². The van der Waals surface area contributed by atoms with Gasteiger partial charge in [-0.2, -0.15) is 5.10 Å². The molecule has 2 aromatic heterocycles. The van der Waals surface area contributed by atoms with Crippen LogP contribution in [0.15, 0.2) is 47.7 Å². The van der Waals surface area contributed by atoms with Gasteiger partial charge in [-0.1, -0.05) is 23.7 Å². The van der Waals surface area contributed by atoms with Gasteiger partial charge in [0.15, 0.2) is 0 Å². The van der Waals surface area contributed by atoms with Crippen LogP contribution in [-0.4, -0.2) is 59.0 Å². The van der Waals surface area contributed by atoms with Crippen molar-refractivity contribution in [3.63, 3.8) is 0 Å². The second kappa shape index (κ2) is 9.40. The Morgan fingerprint density at radius 1 is 1.35 bits per heavy atom. The molecule has 0 unspecified atom stereocenters. The van der Waals surface area contributed by atoms with Crippen LogP contribution < -0.4 is 16.5 Å². The van der Waals surface area contributed by atoms with Crippen molar-refractivity contribution in [2.45, 2.75) is 52.2 Å². The zero-order chi connectivity index (χ0) is 24.5. The van der Waals surface area contributed by atoms with Crippen molar-refractivity contribution in [3.05, 3.63) is 53.9 Å². The van der Waals surface area contributed by atoms with Crippen molar-refractivity contribution in [2.75, 3.05) is 18.4 Å². The Balaban J connectivity index is 1.64. The Labute approximate surface area is 201 Å². The topological polar surface area (TPSA) is 97.2 Å². The number of benzene rings is 1. The van der Waals surface area contributed by atoms with Crippen molar-refractivity contribution in [3.8, 4) is 0 Å². The number of aryl methyl sites for hydroxylation is 1. The van der Waals surface area contributed by atoms with Gasteiger partial charge in [0, 0.05) is 19.3 Å². The number of amides is 1. The number of hydrogen-bond donors (Lipinski definition) is 2. The minimum atomic E-state index is -0.536. The predicted molar refractivity (Wildman–Crippen MR) is 137 cm³/mol. The molecular weight excluding hydrogens is 427 g/mol. The fourth-order valence-corrected chi connectivity index (χ4v) is 4.16. The van der Waals surface area contributed by atoms with E-state index in [0.29, 0.717) is 30.0 Å². The van der Waals surface area contributed by atoms with Gasteiger partial charge in [-0.05, 0) is 58.2 Å². The van der Waals surface area contributed by atoms with Crippen LogP contribution in [0.3, 0.4) is 0 Å². The van der Waals surface area contributed by atoms with Crippen molar-refractivity contribution in [2.24, 2.45) is 10.7 Å². The maximum absolute atomic E-state index is 12.7. The fraction of sp³-hybridized carbons (Fsp3) is 0.400. The third-order valence-electron chi connectivity index (χ3n) is 5.81. The van der Waals surface area contributed by atoms with Gasteiger partial charge in [0.2, 0.25) is 0 Å². The van der Waals surface area contributed by atoms with Crippen molar-refractivity contribution in [1.29, 1.82) is 0 Å². The first-order valence-corrected chi connectivity index (χ1v) is 11.5. The largest absolute Gasteiger partial charge is 0.444 e. The molecule has 0 spiro atoms. The molecule has 3 aromatic rings. The summed E-state index contributed by atoms with van der Waals surface area (Å²) in [5.74, 6) is 0.349. The Bertz CT molecular complexity index is 1230. The molecule has 176 valence electrons. The molecule has 9 heteroatoms. The number of nitrogens with two attached hydrogens (primary N) is 1. The van der Waals surface area contributed by atoms with Gasteiger partial charge in [0.05, 0.1) is 34.7 Å². The summed E-state index contributed by atoms with van der Waals surface area (Å²) in [6.45, 7) is 8.83. The molecule has 2 radical (unpaired) electrons. The maximum atomic E-state index is 12.7. The lowest BCUT2D eigenvalue weighted by Gasteiger charge is -2.29. The second-order valence-corrected chi connectivity index (χ2v) is 9.67. The van der Waals surface area contributed by atoms with E-state index in [2.05, 4.69) is 15.4 Å². The van der Waals surface area contributed by atoms with E-state index in [1.807, 2.05) is 58.0 Å². The molecule has 3 N–H and O–H groups in total. The first-order chi connectivity index (χ1) is 16.1. The number of anilines is 1. The van der Waals surface area contributed by atoms with Crippen LogP contribution >= 0.6 is 0 Å². The lowest BCUT2D eigenvalue weighted by atomic mass is 10.0. The molecular formula is C25H31BN6O2. The molecule has 0 aliphatic carbocycles. The van der Waals surface area contributed by atoms with Gasteiger partial charge in [0.1, 0.15) is 19.3 Å². The number of ether oxygens (including phenoxy) is 1. The predicted octanol–water partition coefficient (Wildman–Crippen LogP) is 3.28. The molecule has 8 nitrogen and oxygen atoms in total. The molecule has 0 bridgehead atoms. The van der Waals surface area contributed by atoms with E-state index in [1.165, 1.54) is 0 Å². The van der Waals surface area contributed by atoms with E-state index in [4.69, 9.17) is 18.3 Å². The van der Waals surface area contributed by atoms with E-state index in [-0.39, 0.29) is 12.1 Å². The molecule has 1 fully saturated rings. The number of aliphatic imine (C=N–C) groups is 1. The Hall–Kier alpha value is -3.49. The number of rotatable bonds is 5. The summed E-state index contributed by atoms with van der Waals surface area (Å²) in [5.41, 5.74) is 10.6. The number of carbonyl (C=O) groups is 1. The van der Waals surface area contributed by atoms with Crippen LogP contribution in [0.4, 0.5) is 16.2 Å². The summed E-state index contributed by atoms with van der Waals surface area (Å²) in [7, 11) is 6.05. The van der Waals surface area contributed by atoms with E-state index in [0.717, 1.165) is 35.3 Å². The zero-order valence-electron chi connectivity index (χ0n) is 20.2. The highest BCUT2D eigenvalue weighted by Crippen LogP contribution is 2.26. The quantitative estimate of drug-likeness (QED) is 0.348. The second-order valence-electron chi connectivity index (χ2n) is 9.67. The van der Waals surface area contributed by atoms with Crippen LogP contribution in [0, 0.1) is 6.92 Å². The third-order valence-corrected chi connectivity index (χ3v) is 5.81. The van der Waals surface area contributed by atoms with Crippen molar-refractivity contribution in [1.82, 2.24) is 14.5 Å². The van der Waals surface area contributed by atoms with E-state index < -0.39 is 5.60 Å². The molecule has 1 aliphatic rings. The van der Waals surface area contributed by atoms with Crippen LogP contribution in [-0.2, 0) is 4.74 Å². The normalized spacial score (nSPS) is 16.8. The summed E-state index contributed by atoms with van der Waals surface area (Å²) in [6.07, 6.45) is 4.97. The molecule has 1 aromatic carbocycles. The monoisotopic (exact) mass is 458 g/mol. The lowest BCUT2D eigenvalue weighted by Crippen LogP contribution is -2.42. The third kappa shape index (κ3) is 5.19. The highest BCUT2D eigenvalue weighted by molar-refractivity contribution is 6.33. The maximum Gasteiger partial charge on any atom is 0.410 e. The number of fused-ring (bicyclic) bond motifs is 1. The van der Waals surface area contributed by atoms with E-state index in [1.54, 1.807) is 21.8 Å². The molecule has 4 rings (SSSR count). The first-order valence-electron chi connectivity index (χ1n) is 11.5. The number of nitrogens with zero attached hydrogens (tertiary/aromatic N) is 4. The highest BCUT2D eigenvalue weighted by atomic mass is 16.6. The minimum absolute atomic E-state index is 0.00208. The fourth-order valence-electron chi connectivity index (χ4n) is 4.16. The number of amidine groups is 1. The highest BCUT2D eigenvalue weighted by Gasteiger charge is 2.32. The number of likely N-dealkylation sites (tertiary alicyclic amines) is 1. The summed E-state index contributed by atoms with van der Waals surface area (Å²) in [4.78, 5) is 19.2. The average Bonchev–Trinajstić information content (AvgIpc) is 3.38. The van der Waals surface area contributed by atoms with Gasteiger partial charge in [-0.3, -0.25) is 0 Å². The Morgan fingerprint density at radius 3 is 2.85 bits per heavy atom. The number of hydrogen-bond acceptors (Lipinski definition) is 5. The average molecular weight is 458 g/mol. The van der Waals surface area contributed by atoms with Crippen LogP contribution in [0.25, 0.3) is 5.52 Å². The van der Waals surface area contributed by atoms with Gasteiger partial charge in [0.25, 0.3) is 0 Å². The lowest BCUT2D eigenvalue weighted by molar-refractivity contribution is 0.0235. The summed E-state index contributed by atoms with van der Waals surface area (Å²) in [6, 6.07) is 9.66. The Kier molecular flexibility index (Phi) is 6.55. The summed E-state index contributed by atoms with van der Waals surface area (Å²) < 4.78 is 7.32. The minimum Gasteiger partial charge on any atom is -0.444 e. The molecule has 0 saturated carbocycles. The number of nitrogens with one attached hydrogen (secondary N) is 1. The number of aromatic nitrogens is 2. The van der Waals surface area contributed by atoms with Gasteiger partial charge < -0.3 is 20.7 Å². The molecule has 1 atom stereocenters. The van der Waals surface area contributed by atoms with E-state index in [9.17, 15) is 4.79 Å². The molecule has 34 heavy (non-hydrogen) atoms. The smallest absolute Gasteiger partial charge is 0.410 e. The van der Waals surface area contributed by atoms with Gasteiger partial charge in [-0.25, -0.2) is 14.3 Å². The molecule has 3 heterocycles. The molecule has 1 saturated heterocycles. The number of para-hydroxylation sites is 1.